The van der Waals surface area contributed by atoms with E-state index in [0.717, 1.165) is 24.1 Å². The van der Waals surface area contributed by atoms with Gasteiger partial charge in [-0.1, -0.05) is 17.7 Å². The highest BCUT2D eigenvalue weighted by molar-refractivity contribution is 6.30. The second-order valence-electron chi connectivity index (χ2n) is 5.10. The number of rotatable bonds is 4. The molecule has 0 bridgehead atoms. The number of nitrogens with zero attached hydrogens (tertiary/aromatic N) is 2. The van der Waals surface area contributed by atoms with Crippen molar-refractivity contribution in [1.29, 1.82) is 0 Å². The fraction of sp³-hybridized carbons (Fsp3) is 0.267. The van der Waals surface area contributed by atoms with Crippen molar-refractivity contribution in [3.05, 3.63) is 46.7 Å². The zero-order valence-corrected chi connectivity index (χ0v) is 12.3. The van der Waals surface area contributed by atoms with Crippen LogP contribution in [0.15, 0.2) is 30.5 Å². The first-order chi connectivity index (χ1) is 10.1. The Bertz CT molecular complexity index is 685. The van der Waals surface area contributed by atoms with E-state index in [2.05, 4.69) is 20.6 Å². The molecule has 2 aromatic rings. The molecule has 3 rings (SSSR count). The number of hydrogen-bond donors (Lipinski definition) is 2. The molecule has 1 aromatic heterocycles. The lowest BCUT2D eigenvalue weighted by molar-refractivity contribution is 0.0946. The van der Waals surface area contributed by atoms with Gasteiger partial charge in [0.05, 0.1) is 0 Å². The maximum atomic E-state index is 12.0. The lowest BCUT2D eigenvalue weighted by Gasteiger charge is -2.09. The molecule has 1 aromatic carbocycles. The van der Waals surface area contributed by atoms with Gasteiger partial charge >= 0.3 is 0 Å². The van der Waals surface area contributed by atoms with Crippen LogP contribution in [0.2, 0.25) is 5.02 Å². The van der Waals surface area contributed by atoms with Crippen LogP contribution in [0.25, 0.3) is 0 Å². The maximum absolute atomic E-state index is 12.0. The molecule has 21 heavy (non-hydrogen) atoms. The Morgan fingerprint density at radius 3 is 2.90 bits per heavy atom. The Morgan fingerprint density at radius 2 is 2.14 bits per heavy atom. The van der Waals surface area contributed by atoms with Crippen LogP contribution in [0.4, 0.5) is 11.6 Å². The van der Waals surface area contributed by atoms with E-state index in [1.54, 1.807) is 18.3 Å². The standard InChI is InChI=1S/C15H15ClN4O/c1-9-2-3-10(16)8-13(9)20-15-17-7-6-12(19-15)14(21)18-11-4-5-11/h2-3,6-8,11H,4-5H2,1H3,(H,18,21)(H,17,19,20). The minimum absolute atomic E-state index is 0.161. The van der Waals surface area contributed by atoms with Crippen molar-refractivity contribution in [1.82, 2.24) is 15.3 Å². The van der Waals surface area contributed by atoms with Gasteiger partial charge in [-0.3, -0.25) is 4.79 Å². The zero-order valence-electron chi connectivity index (χ0n) is 11.6. The Hall–Kier alpha value is -2.14. The van der Waals surface area contributed by atoms with Crippen molar-refractivity contribution in [3.63, 3.8) is 0 Å². The predicted molar refractivity (Wildman–Crippen MR) is 82.0 cm³/mol. The van der Waals surface area contributed by atoms with Gasteiger partial charge in [0.15, 0.2) is 0 Å². The predicted octanol–water partition coefficient (Wildman–Crippen LogP) is 3.07. The summed E-state index contributed by atoms with van der Waals surface area (Å²) in [5.41, 5.74) is 2.21. The highest BCUT2D eigenvalue weighted by atomic mass is 35.5. The molecule has 108 valence electrons. The van der Waals surface area contributed by atoms with Crippen LogP contribution in [-0.2, 0) is 0 Å². The monoisotopic (exact) mass is 302 g/mol. The minimum Gasteiger partial charge on any atom is -0.348 e. The number of hydrogen-bond acceptors (Lipinski definition) is 4. The second kappa shape index (κ2) is 5.69. The van der Waals surface area contributed by atoms with Gasteiger partial charge in [-0.2, -0.15) is 0 Å². The van der Waals surface area contributed by atoms with E-state index in [1.807, 2.05) is 19.1 Å². The summed E-state index contributed by atoms with van der Waals surface area (Å²) >= 11 is 5.98. The number of nitrogens with one attached hydrogen (secondary N) is 2. The molecule has 1 aliphatic rings. The summed E-state index contributed by atoms with van der Waals surface area (Å²) in [5.74, 6) is 0.217. The quantitative estimate of drug-likeness (QED) is 0.911. The number of aryl methyl sites for hydroxylation is 1. The SMILES string of the molecule is Cc1ccc(Cl)cc1Nc1nccc(C(=O)NC2CC2)n1. The molecule has 1 heterocycles. The molecular formula is C15H15ClN4O. The average molecular weight is 303 g/mol. The van der Waals surface area contributed by atoms with Crippen LogP contribution in [0.1, 0.15) is 28.9 Å². The molecule has 0 spiro atoms. The first-order valence-corrected chi connectivity index (χ1v) is 7.17. The Labute approximate surface area is 127 Å². The fourth-order valence-corrected chi connectivity index (χ4v) is 2.05. The molecule has 1 amide bonds. The summed E-state index contributed by atoms with van der Waals surface area (Å²) in [4.78, 5) is 20.4. The number of benzene rings is 1. The van der Waals surface area contributed by atoms with E-state index in [0.29, 0.717) is 22.7 Å². The van der Waals surface area contributed by atoms with E-state index in [1.165, 1.54) is 0 Å². The third kappa shape index (κ3) is 3.49. The smallest absolute Gasteiger partial charge is 0.270 e. The molecule has 0 radical (unpaired) electrons. The summed E-state index contributed by atoms with van der Waals surface area (Å²) in [6, 6.07) is 7.45. The van der Waals surface area contributed by atoms with Gasteiger partial charge in [0, 0.05) is 22.9 Å². The zero-order chi connectivity index (χ0) is 14.8. The number of aromatic nitrogens is 2. The molecule has 0 saturated heterocycles. The second-order valence-corrected chi connectivity index (χ2v) is 5.53. The highest BCUT2D eigenvalue weighted by Gasteiger charge is 2.24. The Morgan fingerprint density at radius 1 is 1.33 bits per heavy atom. The van der Waals surface area contributed by atoms with Gasteiger partial charge in [-0.05, 0) is 43.5 Å². The molecule has 1 fully saturated rings. The average Bonchev–Trinajstić information content (AvgIpc) is 3.27. The molecule has 1 saturated carbocycles. The van der Waals surface area contributed by atoms with Crippen molar-refractivity contribution >= 4 is 29.1 Å². The normalized spacial score (nSPS) is 13.8. The van der Waals surface area contributed by atoms with Crippen LogP contribution in [-0.4, -0.2) is 21.9 Å². The number of anilines is 2. The summed E-state index contributed by atoms with van der Waals surface area (Å²) in [6.07, 6.45) is 3.66. The lowest BCUT2D eigenvalue weighted by Crippen LogP contribution is -2.26. The van der Waals surface area contributed by atoms with Crippen molar-refractivity contribution < 1.29 is 4.79 Å². The van der Waals surface area contributed by atoms with E-state index in [4.69, 9.17) is 11.6 Å². The third-order valence-electron chi connectivity index (χ3n) is 3.25. The number of carbonyl (C=O) groups excluding carboxylic acids is 1. The van der Waals surface area contributed by atoms with Gasteiger partial charge in [-0.15, -0.1) is 0 Å². The van der Waals surface area contributed by atoms with Crippen molar-refractivity contribution in [2.24, 2.45) is 0 Å². The maximum Gasteiger partial charge on any atom is 0.270 e. The van der Waals surface area contributed by atoms with E-state index >= 15 is 0 Å². The Kier molecular flexibility index (Phi) is 3.75. The van der Waals surface area contributed by atoms with Gasteiger partial charge in [0.1, 0.15) is 5.69 Å². The van der Waals surface area contributed by atoms with Crippen LogP contribution >= 0.6 is 11.6 Å². The van der Waals surface area contributed by atoms with Gasteiger partial charge in [0.25, 0.3) is 5.91 Å². The lowest BCUT2D eigenvalue weighted by atomic mass is 10.2. The molecule has 0 unspecified atom stereocenters. The summed E-state index contributed by atoms with van der Waals surface area (Å²) in [5, 5.41) is 6.62. The number of carbonyl (C=O) groups is 1. The van der Waals surface area contributed by atoms with E-state index < -0.39 is 0 Å². The van der Waals surface area contributed by atoms with Gasteiger partial charge in [-0.25, -0.2) is 9.97 Å². The summed E-state index contributed by atoms with van der Waals surface area (Å²) < 4.78 is 0. The van der Waals surface area contributed by atoms with Crippen LogP contribution < -0.4 is 10.6 Å². The molecule has 0 aliphatic heterocycles. The fourth-order valence-electron chi connectivity index (χ4n) is 1.88. The van der Waals surface area contributed by atoms with Crippen molar-refractivity contribution in [2.45, 2.75) is 25.8 Å². The molecule has 2 N–H and O–H groups in total. The van der Waals surface area contributed by atoms with Gasteiger partial charge < -0.3 is 10.6 Å². The molecule has 5 nitrogen and oxygen atoms in total. The van der Waals surface area contributed by atoms with Crippen molar-refractivity contribution in [3.8, 4) is 0 Å². The molecular weight excluding hydrogens is 288 g/mol. The molecule has 0 atom stereocenters. The van der Waals surface area contributed by atoms with Crippen LogP contribution in [0, 0.1) is 6.92 Å². The molecule has 1 aliphatic carbocycles. The number of halogens is 1. The first kappa shape index (κ1) is 13.8. The van der Waals surface area contributed by atoms with Crippen LogP contribution in [0.5, 0.6) is 0 Å². The van der Waals surface area contributed by atoms with Crippen LogP contribution in [0.3, 0.4) is 0 Å². The third-order valence-corrected chi connectivity index (χ3v) is 3.48. The van der Waals surface area contributed by atoms with E-state index in [9.17, 15) is 4.79 Å². The topological polar surface area (TPSA) is 66.9 Å². The largest absolute Gasteiger partial charge is 0.348 e. The Balaban J connectivity index is 1.79. The van der Waals surface area contributed by atoms with Gasteiger partial charge in [0.2, 0.25) is 5.95 Å². The molecule has 6 heteroatoms. The minimum atomic E-state index is -0.161. The first-order valence-electron chi connectivity index (χ1n) is 6.79. The highest BCUT2D eigenvalue weighted by Crippen LogP contribution is 2.23. The summed E-state index contributed by atoms with van der Waals surface area (Å²) in [7, 11) is 0. The van der Waals surface area contributed by atoms with Crippen molar-refractivity contribution in [2.75, 3.05) is 5.32 Å². The number of amides is 1. The van der Waals surface area contributed by atoms with E-state index in [-0.39, 0.29) is 5.91 Å². The summed E-state index contributed by atoms with van der Waals surface area (Å²) in [6.45, 7) is 1.96.